The molecule has 0 radical (unpaired) electrons. The molecule has 0 bridgehead atoms. The topological polar surface area (TPSA) is 40.7 Å². The van der Waals surface area contributed by atoms with Gasteiger partial charge in [0.15, 0.2) is 0 Å². The van der Waals surface area contributed by atoms with Gasteiger partial charge in [0.05, 0.1) is 17.8 Å². The van der Waals surface area contributed by atoms with Crippen LogP contribution < -0.4 is 5.32 Å². The van der Waals surface area contributed by atoms with Crippen molar-refractivity contribution in [2.24, 2.45) is 0 Å². The van der Waals surface area contributed by atoms with Crippen molar-refractivity contribution in [1.29, 1.82) is 0 Å². The van der Waals surface area contributed by atoms with Gasteiger partial charge in [0.1, 0.15) is 5.60 Å². The second kappa shape index (κ2) is 6.56. The van der Waals surface area contributed by atoms with E-state index in [9.17, 15) is 0 Å². The smallest absolute Gasteiger partial charge is 0.105 e. The van der Waals surface area contributed by atoms with Gasteiger partial charge in [-0.25, -0.2) is 0 Å². The average Bonchev–Trinajstić information content (AvgIpc) is 3.14. The highest BCUT2D eigenvalue weighted by Gasteiger charge is 2.45. The molecule has 0 spiro atoms. The lowest BCUT2D eigenvalue weighted by Gasteiger charge is -2.20. The number of aromatic nitrogens is 1. The molecule has 3 heterocycles. The summed E-state index contributed by atoms with van der Waals surface area (Å²) in [7, 11) is 0. The lowest BCUT2D eigenvalue weighted by Crippen LogP contribution is -2.35. The third kappa shape index (κ3) is 3.71. The number of hydrogen-bond acceptors (Lipinski definition) is 4. The SMILES string of the molecule is c1ccc2nc(CNCCC3(CN4CCCC4)CO3)ccc2c1. The molecule has 2 aromatic rings. The van der Waals surface area contributed by atoms with E-state index in [0.29, 0.717) is 0 Å². The molecule has 1 aromatic heterocycles. The molecule has 2 aliphatic heterocycles. The minimum atomic E-state index is 0.133. The highest BCUT2D eigenvalue weighted by atomic mass is 16.6. The molecule has 2 fully saturated rings. The molecule has 0 amide bonds. The molecule has 2 aliphatic rings. The summed E-state index contributed by atoms with van der Waals surface area (Å²) in [5, 5.41) is 4.73. The fraction of sp³-hybridized carbons (Fsp3) is 0.526. The third-order valence-corrected chi connectivity index (χ3v) is 4.98. The van der Waals surface area contributed by atoms with Gasteiger partial charge in [0, 0.05) is 18.5 Å². The van der Waals surface area contributed by atoms with Crippen LogP contribution in [0.5, 0.6) is 0 Å². The van der Waals surface area contributed by atoms with Crippen LogP contribution in [0.25, 0.3) is 10.9 Å². The first kappa shape index (κ1) is 15.1. The lowest BCUT2D eigenvalue weighted by molar-refractivity contribution is 0.202. The fourth-order valence-electron chi connectivity index (χ4n) is 3.50. The lowest BCUT2D eigenvalue weighted by atomic mass is 10.1. The van der Waals surface area contributed by atoms with Gasteiger partial charge in [-0.15, -0.1) is 0 Å². The fourth-order valence-corrected chi connectivity index (χ4v) is 3.50. The number of pyridine rings is 1. The number of fused-ring (bicyclic) bond motifs is 1. The van der Waals surface area contributed by atoms with Gasteiger partial charge >= 0.3 is 0 Å². The van der Waals surface area contributed by atoms with Gasteiger partial charge in [-0.2, -0.15) is 0 Å². The van der Waals surface area contributed by atoms with E-state index in [4.69, 9.17) is 9.72 Å². The number of nitrogens with zero attached hydrogens (tertiary/aromatic N) is 2. The van der Waals surface area contributed by atoms with Crippen LogP contribution in [-0.4, -0.2) is 48.3 Å². The number of ether oxygens (including phenoxy) is 1. The van der Waals surface area contributed by atoms with Crippen LogP contribution in [0.15, 0.2) is 36.4 Å². The van der Waals surface area contributed by atoms with Gasteiger partial charge < -0.3 is 15.0 Å². The highest BCUT2D eigenvalue weighted by molar-refractivity contribution is 5.78. The zero-order chi connectivity index (χ0) is 15.5. The summed E-state index contributed by atoms with van der Waals surface area (Å²) >= 11 is 0. The van der Waals surface area contributed by atoms with Crippen LogP contribution >= 0.6 is 0 Å². The number of epoxide rings is 1. The van der Waals surface area contributed by atoms with E-state index >= 15 is 0 Å². The van der Waals surface area contributed by atoms with E-state index in [1.165, 1.54) is 31.3 Å². The van der Waals surface area contributed by atoms with Crippen LogP contribution in [0.3, 0.4) is 0 Å². The van der Waals surface area contributed by atoms with E-state index < -0.39 is 0 Å². The molecular weight excluding hydrogens is 286 g/mol. The largest absolute Gasteiger partial charge is 0.368 e. The molecular formula is C19H25N3O. The quantitative estimate of drug-likeness (QED) is 0.630. The Balaban J connectivity index is 1.25. The second-order valence-corrected chi connectivity index (χ2v) is 6.88. The third-order valence-electron chi connectivity index (χ3n) is 4.98. The summed E-state index contributed by atoms with van der Waals surface area (Å²) in [4.78, 5) is 7.26. The van der Waals surface area contributed by atoms with Crippen LogP contribution in [0.4, 0.5) is 0 Å². The van der Waals surface area contributed by atoms with Crippen LogP contribution in [0.2, 0.25) is 0 Å². The Kier molecular flexibility index (Phi) is 4.29. The van der Waals surface area contributed by atoms with Crippen molar-refractivity contribution in [2.75, 3.05) is 32.8 Å². The van der Waals surface area contributed by atoms with E-state index in [2.05, 4.69) is 40.5 Å². The summed E-state index contributed by atoms with van der Waals surface area (Å²) in [5.41, 5.74) is 2.31. The Morgan fingerprint density at radius 3 is 2.78 bits per heavy atom. The number of para-hydroxylation sites is 1. The van der Waals surface area contributed by atoms with Crippen molar-refractivity contribution < 1.29 is 4.74 Å². The van der Waals surface area contributed by atoms with E-state index in [1.54, 1.807) is 0 Å². The van der Waals surface area contributed by atoms with Crippen LogP contribution in [0.1, 0.15) is 25.0 Å². The normalized spacial score (nSPS) is 24.3. The van der Waals surface area contributed by atoms with Crippen molar-refractivity contribution >= 4 is 10.9 Å². The predicted octanol–water partition coefficient (Wildman–Crippen LogP) is 2.58. The number of likely N-dealkylation sites (tertiary alicyclic amines) is 1. The second-order valence-electron chi connectivity index (χ2n) is 6.88. The Morgan fingerprint density at radius 1 is 1.13 bits per heavy atom. The zero-order valence-electron chi connectivity index (χ0n) is 13.6. The first-order chi connectivity index (χ1) is 11.3. The molecule has 0 aliphatic carbocycles. The Hall–Kier alpha value is -1.49. The number of benzene rings is 1. The summed E-state index contributed by atoms with van der Waals surface area (Å²) in [6.07, 6.45) is 3.79. The monoisotopic (exact) mass is 311 g/mol. The molecule has 23 heavy (non-hydrogen) atoms. The molecule has 4 heteroatoms. The number of nitrogens with one attached hydrogen (secondary N) is 1. The van der Waals surface area contributed by atoms with Gasteiger partial charge in [-0.05, 0) is 51.0 Å². The predicted molar refractivity (Wildman–Crippen MR) is 92.4 cm³/mol. The molecule has 1 atom stereocenters. The molecule has 2 saturated heterocycles. The number of hydrogen-bond donors (Lipinski definition) is 1. The molecule has 1 unspecified atom stereocenters. The Bertz CT molecular complexity index is 662. The van der Waals surface area contributed by atoms with Crippen LogP contribution in [0, 0.1) is 0 Å². The van der Waals surface area contributed by atoms with Crippen molar-refractivity contribution in [3.8, 4) is 0 Å². The Morgan fingerprint density at radius 2 is 1.96 bits per heavy atom. The first-order valence-electron chi connectivity index (χ1n) is 8.75. The average molecular weight is 311 g/mol. The minimum Gasteiger partial charge on any atom is -0.368 e. The Labute approximate surface area is 137 Å². The highest BCUT2D eigenvalue weighted by Crippen LogP contribution is 2.32. The maximum atomic E-state index is 5.77. The molecule has 1 aromatic carbocycles. The van der Waals surface area contributed by atoms with Crippen molar-refractivity contribution in [1.82, 2.24) is 15.2 Å². The van der Waals surface area contributed by atoms with Gasteiger partial charge in [0.25, 0.3) is 0 Å². The maximum absolute atomic E-state index is 5.77. The molecule has 0 saturated carbocycles. The number of rotatable bonds is 7. The summed E-state index contributed by atoms with van der Waals surface area (Å²) in [6.45, 7) is 6.36. The van der Waals surface area contributed by atoms with Gasteiger partial charge in [0.2, 0.25) is 0 Å². The van der Waals surface area contributed by atoms with Crippen molar-refractivity contribution in [3.63, 3.8) is 0 Å². The zero-order valence-corrected chi connectivity index (χ0v) is 13.6. The van der Waals surface area contributed by atoms with Crippen molar-refractivity contribution in [2.45, 2.75) is 31.4 Å². The van der Waals surface area contributed by atoms with Crippen LogP contribution in [-0.2, 0) is 11.3 Å². The minimum absolute atomic E-state index is 0.133. The van der Waals surface area contributed by atoms with Gasteiger partial charge in [-0.3, -0.25) is 4.98 Å². The summed E-state index contributed by atoms with van der Waals surface area (Å²) in [6, 6.07) is 12.5. The van der Waals surface area contributed by atoms with Crippen molar-refractivity contribution in [3.05, 3.63) is 42.1 Å². The molecule has 4 rings (SSSR count). The first-order valence-corrected chi connectivity index (χ1v) is 8.75. The summed E-state index contributed by atoms with van der Waals surface area (Å²) in [5.74, 6) is 0. The maximum Gasteiger partial charge on any atom is 0.105 e. The van der Waals surface area contributed by atoms with E-state index in [-0.39, 0.29) is 5.60 Å². The molecule has 122 valence electrons. The molecule has 1 N–H and O–H groups in total. The standard InChI is InChI=1S/C19H25N3O/c1-2-6-18-16(5-1)7-8-17(21-18)13-20-10-9-19(15-23-19)14-22-11-3-4-12-22/h1-2,5-8,20H,3-4,9-15H2. The van der Waals surface area contributed by atoms with E-state index in [1.807, 2.05) is 6.07 Å². The molecule has 4 nitrogen and oxygen atoms in total. The van der Waals surface area contributed by atoms with Gasteiger partial charge in [-0.1, -0.05) is 24.3 Å². The summed E-state index contributed by atoms with van der Waals surface area (Å²) < 4.78 is 5.77. The van der Waals surface area contributed by atoms with E-state index in [0.717, 1.165) is 43.9 Å².